The molecule has 0 aliphatic heterocycles. The molecule has 1 aliphatic carbocycles. The predicted molar refractivity (Wildman–Crippen MR) is 66.5 cm³/mol. The molecule has 0 spiro atoms. The lowest BCUT2D eigenvalue weighted by atomic mass is 10.3. The van der Waals surface area contributed by atoms with Crippen molar-refractivity contribution in [3.05, 3.63) is 0 Å². The maximum absolute atomic E-state index is 7.03. The third-order valence-electron chi connectivity index (χ3n) is 2.21. The number of hydrogen-bond acceptors (Lipinski definition) is 3. The molecule has 3 N–H and O–H groups in total. The molecular formula is C9H20ClN3S. The molecule has 1 rings (SSSR count). The topological polar surface area (TPSA) is 53.1 Å². The van der Waals surface area contributed by atoms with E-state index in [0.29, 0.717) is 0 Å². The summed E-state index contributed by atoms with van der Waals surface area (Å²) in [7, 11) is 2.18. The number of thioether (sulfide) groups is 1. The normalized spacial score (nSPS) is 15.3. The first-order valence-electron chi connectivity index (χ1n) is 4.84. The summed E-state index contributed by atoms with van der Waals surface area (Å²) in [5.74, 6) is 1.95. The Kier molecular flexibility index (Phi) is 7.41. The third kappa shape index (κ3) is 7.47. The highest BCUT2D eigenvalue weighted by molar-refractivity contribution is 8.13. The van der Waals surface area contributed by atoms with Gasteiger partial charge in [-0.05, 0) is 38.8 Å². The van der Waals surface area contributed by atoms with Crippen molar-refractivity contribution in [2.75, 3.05) is 25.9 Å². The number of halogens is 1. The Hall–Kier alpha value is 0.0700. The van der Waals surface area contributed by atoms with Gasteiger partial charge in [-0.25, -0.2) is 0 Å². The largest absolute Gasteiger partial charge is 0.379 e. The lowest BCUT2D eigenvalue weighted by Crippen LogP contribution is -2.22. The fourth-order valence-electron chi connectivity index (χ4n) is 1.35. The highest BCUT2D eigenvalue weighted by Crippen LogP contribution is 2.29. The maximum atomic E-state index is 7.03. The number of nitrogens with two attached hydrogens (primary N) is 1. The van der Waals surface area contributed by atoms with E-state index in [4.69, 9.17) is 11.1 Å². The average molecular weight is 238 g/mol. The number of nitrogens with one attached hydrogen (secondary N) is 1. The third-order valence-corrected chi connectivity index (χ3v) is 3.01. The van der Waals surface area contributed by atoms with E-state index in [2.05, 4.69) is 11.9 Å². The minimum Gasteiger partial charge on any atom is -0.379 e. The SMILES string of the molecule is CN(CCCSC(=N)N)CC1CC1.Cl. The molecule has 0 aromatic rings. The van der Waals surface area contributed by atoms with Crippen molar-refractivity contribution in [3.8, 4) is 0 Å². The highest BCUT2D eigenvalue weighted by atomic mass is 35.5. The molecule has 0 saturated heterocycles. The van der Waals surface area contributed by atoms with Gasteiger partial charge in [-0.2, -0.15) is 0 Å². The Morgan fingerprint density at radius 1 is 1.57 bits per heavy atom. The first kappa shape index (κ1) is 14.1. The van der Waals surface area contributed by atoms with E-state index in [1.54, 1.807) is 0 Å². The number of hydrogen-bond donors (Lipinski definition) is 2. The Morgan fingerprint density at radius 3 is 2.71 bits per heavy atom. The summed E-state index contributed by atoms with van der Waals surface area (Å²) in [4.78, 5) is 2.39. The van der Waals surface area contributed by atoms with Crippen LogP contribution in [0.1, 0.15) is 19.3 Å². The van der Waals surface area contributed by atoms with Gasteiger partial charge in [0.1, 0.15) is 0 Å². The van der Waals surface area contributed by atoms with Crippen LogP contribution in [-0.2, 0) is 0 Å². The number of rotatable bonds is 6. The minimum atomic E-state index is 0. The van der Waals surface area contributed by atoms with Crippen molar-refractivity contribution < 1.29 is 0 Å². The summed E-state index contributed by atoms with van der Waals surface area (Å²) in [5, 5.41) is 7.27. The van der Waals surface area contributed by atoms with Crippen LogP contribution in [0, 0.1) is 11.3 Å². The zero-order chi connectivity index (χ0) is 9.68. The van der Waals surface area contributed by atoms with Gasteiger partial charge in [0.25, 0.3) is 0 Å². The Labute approximate surface area is 96.7 Å². The van der Waals surface area contributed by atoms with Gasteiger partial charge in [0.15, 0.2) is 5.17 Å². The van der Waals surface area contributed by atoms with Crippen LogP contribution in [-0.4, -0.2) is 36.0 Å². The Morgan fingerprint density at radius 2 is 2.21 bits per heavy atom. The zero-order valence-corrected chi connectivity index (χ0v) is 10.3. The van der Waals surface area contributed by atoms with Crippen LogP contribution in [0.25, 0.3) is 0 Å². The second kappa shape index (κ2) is 7.37. The molecule has 1 saturated carbocycles. The molecule has 0 aromatic heterocycles. The van der Waals surface area contributed by atoms with Crippen LogP contribution in [0.5, 0.6) is 0 Å². The van der Waals surface area contributed by atoms with E-state index in [9.17, 15) is 0 Å². The molecule has 0 amide bonds. The molecule has 0 aromatic carbocycles. The molecule has 5 heteroatoms. The molecule has 0 heterocycles. The smallest absolute Gasteiger partial charge is 0.151 e. The summed E-state index contributed by atoms with van der Waals surface area (Å²) in [5.41, 5.74) is 5.23. The van der Waals surface area contributed by atoms with Gasteiger partial charge in [-0.1, -0.05) is 11.8 Å². The second-order valence-electron chi connectivity index (χ2n) is 3.77. The average Bonchev–Trinajstić information content (AvgIpc) is 2.81. The standard InChI is InChI=1S/C9H19N3S.ClH/c1-12(7-8-3-4-8)5-2-6-13-9(10)11;/h8H,2-7H2,1H3,(H3,10,11);1H. The number of nitrogens with zero attached hydrogens (tertiary/aromatic N) is 1. The van der Waals surface area contributed by atoms with Crippen LogP contribution < -0.4 is 5.73 Å². The first-order valence-corrected chi connectivity index (χ1v) is 5.82. The zero-order valence-electron chi connectivity index (χ0n) is 8.66. The molecular weight excluding hydrogens is 218 g/mol. The molecule has 84 valence electrons. The first-order chi connectivity index (χ1) is 6.18. The van der Waals surface area contributed by atoms with Crippen molar-refractivity contribution in [2.45, 2.75) is 19.3 Å². The molecule has 14 heavy (non-hydrogen) atoms. The van der Waals surface area contributed by atoms with E-state index < -0.39 is 0 Å². The molecule has 1 fully saturated rings. The van der Waals surface area contributed by atoms with E-state index in [0.717, 1.165) is 24.6 Å². The fourth-order valence-corrected chi connectivity index (χ4v) is 1.84. The summed E-state index contributed by atoms with van der Waals surface area (Å²) in [6.45, 7) is 2.39. The lowest BCUT2D eigenvalue weighted by Gasteiger charge is -2.15. The van der Waals surface area contributed by atoms with Crippen LogP contribution in [0.3, 0.4) is 0 Å². The van der Waals surface area contributed by atoms with Crippen LogP contribution >= 0.6 is 24.2 Å². The van der Waals surface area contributed by atoms with Gasteiger partial charge in [0.05, 0.1) is 0 Å². The summed E-state index contributed by atoms with van der Waals surface area (Å²) >= 11 is 1.44. The van der Waals surface area contributed by atoms with Crippen LogP contribution in [0.2, 0.25) is 0 Å². The molecule has 1 aliphatic rings. The Bertz CT molecular complexity index is 173. The molecule has 0 radical (unpaired) electrons. The van der Waals surface area contributed by atoms with E-state index >= 15 is 0 Å². The van der Waals surface area contributed by atoms with Gasteiger partial charge in [0.2, 0.25) is 0 Å². The van der Waals surface area contributed by atoms with Crippen molar-refractivity contribution in [3.63, 3.8) is 0 Å². The van der Waals surface area contributed by atoms with E-state index in [1.165, 1.54) is 31.1 Å². The molecule has 3 nitrogen and oxygen atoms in total. The molecule has 0 atom stereocenters. The van der Waals surface area contributed by atoms with Gasteiger partial charge in [-0.3, -0.25) is 5.41 Å². The van der Waals surface area contributed by atoms with E-state index in [-0.39, 0.29) is 17.6 Å². The lowest BCUT2D eigenvalue weighted by molar-refractivity contribution is 0.322. The van der Waals surface area contributed by atoms with Gasteiger partial charge in [0, 0.05) is 12.3 Å². The van der Waals surface area contributed by atoms with Crippen molar-refractivity contribution in [1.29, 1.82) is 5.41 Å². The quantitative estimate of drug-likeness (QED) is 0.421. The predicted octanol–water partition coefficient (Wildman–Crippen LogP) is 1.77. The van der Waals surface area contributed by atoms with E-state index in [1.807, 2.05) is 0 Å². The fraction of sp³-hybridized carbons (Fsp3) is 0.889. The Balaban J connectivity index is 0.00000169. The van der Waals surface area contributed by atoms with Crippen molar-refractivity contribution in [2.24, 2.45) is 11.7 Å². The minimum absolute atomic E-state index is 0. The summed E-state index contributed by atoms with van der Waals surface area (Å²) in [6.07, 6.45) is 3.98. The van der Waals surface area contributed by atoms with Crippen LogP contribution in [0.15, 0.2) is 0 Å². The van der Waals surface area contributed by atoms with Crippen LogP contribution in [0.4, 0.5) is 0 Å². The van der Waals surface area contributed by atoms with Gasteiger partial charge >= 0.3 is 0 Å². The number of amidine groups is 1. The van der Waals surface area contributed by atoms with Gasteiger partial charge in [-0.15, -0.1) is 12.4 Å². The van der Waals surface area contributed by atoms with Crippen molar-refractivity contribution in [1.82, 2.24) is 4.90 Å². The molecule has 0 unspecified atom stereocenters. The monoisotopic (exact) mass is 237 g/mol. The summed E-state index contributed by atoms with van der Waals surface area (Å²) < 4.78 is 0. The highest BCUT2D eigenvalue weighted by Gasteiger charge is 2.22. The van der Waals surface area contributed by atoms with Crippen molar-refractivity contribution >= 4 is 29.3 Å². The maximum Gasteiger partial charge on any atom is 0.151 e. The molecule has 0 bridgehead atoms. The summed E-state index contributed by atoms with van der Waals surface area (Å²) in [6, 6.07) is 0. The van der Waals surface area contributed by atoms with Gasteiger partial charge < -0.3 is 10.6 Å². The second-order valence-corrected chi connectivity index (χ2v) is 4.91.